The average molecular weight is 204 g/mol. The summed E-state index contributed by atoms with van der Waals surface area (Å²) in [7, 11) is 0. The molecule has 1 heterocycles. The Morgan fingerprint density at radius 1 is 1.27 bits per heavy atom. The van der Waals surface area contributed by atoms with Crippen molar-refractivity contribution in [3.8, 4) is 0 Å². The molecule has 1 saturated heterocycles. The van der Waals surface area contributed by atoms with Crippen molar-refractivity contribution >= 4 is 0 Å². The van der Waals surface area contributed by atoms with Crippen LogP contribution in [0.2, 0.25) is 0 Å². The molecule has 0 spiro atoms. The Labute approximate surface area is 91.9 Å². The van der Waals surface area contributed by atoms with E-state index in [0.29, 0.717) is 5.92 Å². The van der Waals surface area contributed by atoms with Gasteiger partial charge < -0.3 is 11.1 Å². The second kappa shape index (κ2) is 4.77. The van der Waals surface area contributed by atoms with E-state index in [1.165, 1.54) is 24.0 Å². The van der Waals surface area contributed by atoms with E-state index in [4.69, 9.17) is 5.73 Å². The number of nitrogens with one attached hydrogen (secondary N) is 1. The highest BCUT2D eigenvalue weighted by Crippen LogP contribution is 2.28. The van der Waals surface area contributed by atoms with Crippen LogP contribution in [0.5, 0.6) is 0 Å². The van der Waals surface area contributed by atoms with Gasteiger partial charge in [0.2, 0.25) is 0 Å². The molecule has 1 aromatic carbocycles. The first-order valence-electron chi connectivity index (χ1n) is 5.81. The molecule has 2 nitrogen and oxygen atoms in total. The highest BCUT2D eigenvalue weighted by atomic mass is 14.9. The second-order valence-corrected chi connectivity index (χ2v) is 4.47. The van der Waals surface area contributed by atoms with Crippen LogP contribution in [-0.4, -0.2) is 13.1 Å². The van der Waals surface area contributed by atoms with E-state index in [2.05, 4.69) is 36.5 Å². The SMILES string of the molecule is Cc1ccccc1C(N)C1CCNCC1. The van der Waals surface area contributed by atoms with E-state index in [0.717, 1.165) is 13.1 Å². The molecule has 1 aromatic rings. The van der Waals surface area contributed by atoms with Gasteiger partial charge in [-0.25, -0.2) is 0 Å². The van der Waals surface area contributed by atoms with Crippen molar-refractivity contribution in [3.63, 3.8) is 0 Å². The quantitative estimate of drug-likeness (QED) is 0.773. The standard InChI is InChI=1S/C13H20N2/c1-10-4-2-3-5-12(10)13(14)11-6-8-15-9-7-11/h2-5,11,13,15H,6-9,14H2,1H3. The Morgan fingerprint density at radius 3 is 2.60 bits per heavy atom. The molecule has 0 bridgehead atoms. The molecule has 1 unspecified atom stereocenters. The van der Waals surface area contributed by atoms with Gasteiger partial charge in [-0.2, -0.15) is 0 Å². The van der Waals surface area contributed by atoms with E-state index in [1.807, 2.05) is 0 Å². The summed E-state index contributed by atoms with van der Waals surface area (Å²) >= 11 is 0. The molecule has 2 rings (SSSR count). The third kappa shape index (κ3) is 2.39. The number of piperidine rings is 1. The zero-order valence-corrected chi connectivity index (χ0v) is 9.37. The van der Waals surface area contributed by atoms with E-state index < -0.39 is 0 Å². The van der Waals surface area contributed by atoms with Crippen LogP contribution in [0, 0.1) is 12.8 Å². The van der Waals surface area contributed by atoms with E-state index >= 15 is 0 Å². The fourth-order valence-electron chi connectivity index (χ4n) is 2.42. The van der Waals surface area contributed by atoms with Crippen LogP contribution < -0.4 is 11.1 Å². The highest BCUT2D eigenvalue weighted by Gasteiger charge is 2.22. The second-order valence-electron chi connectivity index (χ2n) is 4.47. The highest BCUT2D eigenvalue weighted by molar-refractivity contribution is 5.29. The molecule has 2 heteroatoms. The minimum absolute atomic E-state index is 0.216. The number of hydrogen-bond acceptors (Lipinski definition) is 2. The molecule has 0 aliphatic carbocycles. The number of rotatable bonds is 2. The van der Waals surface area contributed by atoms with Gasteiger partial charge in [0.1, 0.15) is 0 Å². The minimum atomic E-state index is 0.216. The number of nitrogens with two attached hydrogens (primary N) is 1. The van der Waals surface area contributed by atoms with Crippen molar-refractivity contribution in [2.45, 2.75) is 25.8 Å². The van der Waals surface area contributed by atoms with E-state index in [1.54, 1.807) is 0 Å². The predicted octanol–water partition coefficient (Wildman–Crippen LogP) is 1.99. The first kappa shape index (κ1) is 10.7. The normalized spacial score (nSPS) is 20.1. The van der Waals surface area contributed by atoms with Gasteiger partial charge in [-0.1, -0.05) is 24.3 Å². The maximum atomic E-state index is 6.34. The van der Waals surface area contributed by atoms with Crippen LogP contribution in [0.3, 0.4) is 0 Å². The van der Waals surface area contributed by atoms with Crippen molar-refractivity contribution in [2.75, 3.05) is 13.1 Å². The molecular weight excluding hydrogens is 184 g/mol. The summed E-state index contributed by atoms with van der Waals surface area (Å²) in [5.74, 6) is 0.646. The van der Waals surface area contributed by atoms with Crippen LogP contribution in [0.4, 0.5) is 0 Å². The Hall–Kier alpha value is -0.860. The molecule has 1 aliphatic rings. The molecule has 0 amide bonds. The number of benzene rings is 1. The van der Waals surface area contributed by atoms with Gasteiger partial charge in [-0.05, 0) is 49.9 Å². The first-order valence-corrected chi connectivity index (χ1v) is 5.81. The van der Waals surface area contributed by atoms with Crippen LogP contribution in [0.25, 0.3) is 0 Å². The molecule has 15 heavy (non-hydrogen) atoms. The third-order valence-electron chi connectivity index (χ3n) is 3.44. The zero-order valence-electron chi connectivity index (χ0n) is 9.37. The summed E-state index contributed by atoms with van der Waals surface area (Å²) in [4.78, 5) is 0. The summed E-state index contributed by atoms with van der Waals surface area (Å²) in [6.45, 7) is 4.38. The Balaban J connectivity index is 2.12. The van der Waals surface area contributed by atoms with Crippen LogP contribution in [-0.2, 0) is 0 Å². The van der Waals surface area contributed by atoms with Gasteiger partial charge in [0.15, 0.2) is 0 Å². The first-order chi connectivity index (χ1) is 7.29. The fraction of sp³-hybridized carbons (Fsp3) is 0.538. The van der Waals surface area contributed by atoms with Crippen molar-refractivity contribution in [1.29, 1.82) is 0 Å². The molecule has 1 fully saturated rings. The molecule has 1 aliphatic heterocycles. The lowest BCUT2D eigenvalue weighted by Crippen LogP contribution is -2.34. The summed E-state index contributed by atoms with van der Waals surface area (Å²) in [6, 6.07) is 8.70. The van der Waals surface area contributed by atoms with E-state index in [9.17, 15) is 0 Å². The van der Waals surface area contributed by atoms with E-state index in [-0.39, 0.29) is 6.04 Å². The maximum absolute atomic E-state index is 6.34. The average Bonchev–Trinajstić information content (AvgIpc) is 2.30. The van der Waals surface area contributed by atoms with Crippen molar-refractivity contribution in [1.82, 2.24) is 5.32 Å². The van der Waals surface area contributed by atoms with Crippen LogP contribution >= 0.6 is 0 Å². The predicted molar refractivity (Wildman–Crippen MR) is 63.7 cm³/mol. The van der Waals surface area contributed by atoms with Crippen molar-refractivity contribution in [3.05, 3.63) is 35.4 Å². The fourth-order valence-corrected chi connectivity index (χ4v) is 2.42. The largest absolute Gasteiger partial charge is 0.324 e. The van der Waals surface area contributed by atoms with Crippen molar-refractivity contribution < 1.29 is 0 Å². The summed E-state index contributed by atoms with van der Waals surface area (Å²) in [5, 5.41) is 3.38. The summed E-state index contributed by atoms with van der Waals surface area (Å²) in [5.41, 5.74) is 8.99. The van der Waals surface area contributed by atoms with Crippen LogP contribution in [0.1, 0.15) is 30.0 Å². The van der Waals surface area contributed by atoms with Crippen molar-refractivity contribution in [2.24, 2.45) is 11.7 Å². The molecule has 0 radical (unpaired) electrons. The topological polar surface area (TPSA) is 38.0 Å². The molecule has 3 N–H and O–H groups in total. The molecule has 0 saturated carbocycles. The van der Waals surface area contributed by atoms with Gasteiger partial charge in [0, 0.05) is 6.04 Å². The Bertz CT molecular complexity index is 316. The number of aryl methyl sites for hydroxylation is 1. The van der Waals surface area contributed by atoms with Gasteiger partial charge in [0.25, 0.3) is 0 Å². The number of hydrogen-bond donors (Lipinski definition) is 2. The summed E-state index contributed by atoms with van der Waals surface area (Å²) in [6.07, 6.45) is 2.41. The maximum Gasteiger partial charge on any atom is 0.0327 e. The van der Waals surface area contributed by atoms with Gasteiger partial charge in [0.05, 0.1) is 0 Å². The Morgan fingerprint density at radius 2 is 1.93 bits per heavy atom. The van der Waals surface area contributed by atoms with Gasteiger partial charge in [-0.3, -0.25) is 0 Å². The molecule has 0 aromatic heterocycles. The van der Waals surface area contributed by atoms with Gasteiger partial charge in [-0.15, -0.1) is 0 Å². The molecular formula is C13H20N2. The molecule has 82 valence electrons. The zero-order chi connectivity index (χ0) is 10.7. The lowest BCUT2D eigenvalue weighted by molar-refractivity contribution is 0.321. The smallest absolute Gasteiger partial charge is 0.0327 e. The van der Waals surface area contributed by atoms with Gasteiger partial charge >= 0.3 is 0 Å². The molecule has 1 atom stereocenters. The third-order valence-corrected chi connectivity index (χ3v) is 3.44. The minimum Gasteiger partial charge on any atom is -0.324 e. The monoisotopic (exact) mass is 204 g/mol. The summed E-state index contributed by atoms with van der Waals surface area (Å²) < 4.78 is 0. The lowest BCUT2D eigenvalue weighted by Gasteiger charge is -2.29. The van der Waals surface area contributed by atoms with Crippen LogP contribution in [0.15, 0.2) is 24.3 Å². The lowest BCUT2D eigenvalue weighted by atomic mass is 9.85. The Kier molecular flexibility index (Phi) is 3.39.